The highest BCUT2D eigenvalue weighted by Crippen LogP contribution is 2.70. The second kappa shape index (κ2) is 9.35. The minimum atomic E-state index is -2.31. The van der Waals surface area contributed by atoms with Gasteiger partial charge in [0.15, 0.2) is 23.7 Å². The summed E-state index contributed by atoms with van der Waals surface area (Å²) in [5.41, 5.74) is -6.88. The zero-order valence-corrected chi connectivity index (χ0v) is 22.9. The van der Waals surface area contributed by atoms with Crippen LogP contribution in [0, 0.1) is 34.5 Å². The molecule has 0 aromatic heterocycles. The molecule has 9 heteroatoms. The van der Waals surface area contributed by atoms with E-state index in [1.54, 1.807) is 34.6 Å². The summed E-state index contributed by atoms with van der Waals surface area (Å²) in [4.78, 5) is 50.8. The first kappa shape index (κ1) is 28.6. The number of hydrogen-bond acceptors (Lipinski definition) is 7. The fourth-order valence-corrected chi connectivity index (χ4v) is 7.58. The average molecular weight is 537 g/mol. The quantitative estimate of drug-likeness (QED) is 0.511. The molecule has 0 bridgehead atoms. The Balaban J connectivity index is 1.78. The van der Waals surface area contributed by atoms with Gasteiger partial charge in [-0.05, 0) is 56.3 Å². The van der Waals surface area contributed by atoms with E-state index in [0.29, 0.717) is 0 Å². The number of alkyl halides is 2. The number of Topliss-reactive ketones (excluding diaryl/α,β-unsaturated/α-hetero) is 1. The standard InChI is InChI=1S/C29H38F2O7/c1-15(2)24(35)37-14-23(34)28(38-25(36)16(3)4)10-8-18-19-12-21(30)20-11-17(32)7-9-26(20,5)29(19,31)22(33)13-27(18,28)6/h7,9,11,15-16,18-19,21-22,33H,8,10,12-14H2,1-6H3/t18?,19?,21-,22?,26?,27?,28-,29-/m0/s1. The van der Waals surface area contributed by atoms with Gasteiger partial charge >= 0.3 is 11.9 Å². The average Bonchev–Trinajstić information content (AvgIpc) is 3.12. The first-order chi connectivity index (χ1) is 17.5. The molecule has 8 atom stereocenters. The van der Waals surface area contributed by atoms with Gasteiger partial charge in [-0.2, -0.15) is 0 Å². The monoisotopic (exact) mass is 536 g/mol. The van der Waals surface area contributed by atoms with Crippen molar-refractivity contribution in [3.63, 3.8) is 0 Å². The molecule has 0 aliphatic heterocycles. The fraction of sp³-hybridized carbons (Fsp3) is 0.724. The van der Waals surface area contributed by atoms with Gasteiger partial charge in [-0.1, -0.05) is 40.7 Å². The molecule has 3 saturated carbocycles. The van der Waals surface area contributed by atoms with E-state index in [9.17, 15) is 24.3 Å². The second-order valence-corrected chi connectivity index (χ2v) is 12.5. The number of esters is 2. The van der Waals surface area contributed by atoms with Crippen LogP contribution >= 0.6 is 0 Å². The third-order valence-corrected chi connectivity index (χ3v) is 9.76. The molecule has 0 radical (unpaired) electrons. The van der Waals surface area contributed by atoms with Crippen molar-refractivity contribution in [3.8, 4) is 0 Å². The van der Waals surface area contributed by atoms with Gasteiger partial charge in [0.05, 0.1) is 17.9 Å². The molecule has 4 aliphatic carbocycles. The zero-order valence-electron chi connectivity index (χ0n) is 22.9. The highest BCUT2D eigenvalue weighted by molar-refractivity contribution is 6.01. The lowest BCUT2D eigenvalue weighted by Gasteiger charge is -2.63. The molecule has 0 heterocycles. The molecule has 1 N–H and O–H groups in total. The van der Waals surface area contributed by atoms with Crippen molar-refractivity contribution in [3.05, 3.63) is 23.8 Å². The van der Waals surface area contributed by atoms with Crippen molar-refractivity contribution in [1.29, 1.82) is 0 Å². The van der Waals surface area contributed by atoms with Gasteiger partial charge in [-0.15, -0.1) is 0 Å². The Kier molecular flexibility index (Phi) is 7.03. The zero-order chi connectivity index (χ0) is 28.4. The first-order valence-electron chi connectivity index (χ1n) is 13.4. The van der Waals surface area contributed by atoms with E-state index in [0.717, 1.165) is 6.08 Å². The Hall–Kier alpha value is -2.42. The number of aliphatic hydroxyl groups excluding tert-OH is 1. The van der Waals surface area contributed by atoms with Gasteiger partial charge in [0.1, 0.15) is 6.17 Å². The molecule has 3 fully saturated rings. The molecule has 5 unspecified atom stereocenters. The lowest BCUT2D eigenvalue weighted by molar-refractivity contribution is -0.230. The van der Waals surface area contributed by atoms with Gasteiger partial charge in [0, 0.05) is 16.7 Å². The minimum Gasteiger partial charge on any atom is -0.457 e. The van der Waals surface area contributed by atoms with E-state index in [1.807, 2.05) is 0 Å². The number of ketones is 2. The maximum absolute atomic E-state index is 17.3. The van der Waals surface area contributed by atoms with E-state index < -0.39 is 88.2 Å². The Morgan fingerprint density at radius 2 is 1.74 bits per heavy atom. The molecule has 7 nitrogen and oxygen atoms in total. The number of fused-ring (bicyclic) bond motifs is 5. The molecule has 0 aromatic carbocycles. The number of halogens is 2. The van der Waals surface area contributed by atoms with E-state index in [2.05, 4.69) is 0 Å². The Morgan fingerprint density at radius 1 is 1.11 bits per heavy atom. The number of carbonyl (C=O) groups is 4. The number of carbonyl (C=O) groups excluding carboxylic acids is 4. The molecular weight excluding hydrogens is 498 g/mol. The summed E-state index contributed by atoms with van der Waals surface area (Å²) in [6.45, 7) is 9.05. The summed E-state index contributed by atoms with van der Waals surface area (Å²) in [7, 11) is 0. The van der Waals surface area contributed by atoms with Crippen molar-refractivity contribution in [2.45, 2.75) is 90.8 Å². The minimum absolute atomic E-state index is 0.0126. The summed E-state index contributed by atoms with van der Waals surface area (Å²) in [5, 5.41) is 11.5. The number of allylic oxidation sites excluding steroid dienone is 4. The van der Waals surface area contributed by atoms with Gasteiger partial charge in [-0.3, -0.25) is 19.2 Å². The van der Waals surface area contributed by atoms with Gasteiger partial charge in [0.2, 0.25) is 5.78 Å². The van der Waals surface area contributed by atoms with Crippen LogP contribution < -0.4 is 0 Å². The third-order valence-electron chi connectivity index (χ3n) is 9.76. The van der Waals surface area contributed by atoms with Crippen molar-refractivity contribution in [2.24, 2.45) is 34.5 Å². The van der Waals surface area contributed by atoms with Crippen LogP contribution in [0.15, 0.2) is 23.8 Å². The molecule has 210 valence electrons. The third kappa shape index (κ3) is 3.82. The van der Waals surface area contributed by atoms with Crippen molar-refractivity contribution < 1.29 is 42.5 Å². The van der Waals surface area contributed by atoms with Crippen LogP contribution in [0.4, 0.5) is 8.78 Å². The Bertz CT molecular complexity index is 1110. The van der Waals surface area contributed by atoms with Gasteiger partial charge in [-0.25, -0.2) is 8.78 Å². The second-order valence-electron chi connectivity index (χ2n) is 12.5. The number of aliphatic hydroxyl groups is 1. The van der Waals surface area contributed by atoms with E-state index in [4.69, 9.17) is 9.47 Å². The highest BCUT2D eigenvalue weighted by Gasteiger charge is 2.76. The maximum atomic E-state index is 17.3. The van der Waals surface area contributed by atoms with E-state index >= 15 is 8.78 Å². The van der Waals surface area contributed by atoms with Crippen LogP contribution in [0.5, 0.6) is 0 Å². The number of rotatable bonds is 6. The molecular formula is C29H38F2O7. The van der Waals surface area contributed by atoms with Crippen LogP contribution in [-0.2, 0) is 28.7 Å². The van der Waals surface area contributed by atoms with E-state index in [1.165, 1.54) is 19.1 Å². The summed E-state index contributed by atoms with van der Waals surface area (Å²) < 4.78 is 44.1. The normalized spacial score (nSPS) is 41.8. The number of ether oxygens (including phenoxy) is 2. The molecule has 4 rings (SSSR count). The molecule has 0 aromatic rings. The van der Waals surface area contributed by atoms with Crippen LogP contribution in [0.3, 0.4) is 0 Å². The van der Waals surface area contributed by atoms with Crippen LogP contribution in [0.2, 0.25) is 0 Å². The predicted molar refractivity (Wildman–Crippen MR) is 133 cm³/mol. The van der Waals surface area contributed by atoms with Crippen LogP contribution in [-0.4, -0.2) is 58.8 Å². The molecule has 0 saturated heterocycles. The molecule has 38 heavy (non-hydrogen) atoms. The lowest BCUT2D eigenvalue weighted by atomic mass is 9.44. The maximum Gasteiger partial charge on any atom is 0.309 e. The van der Waals surface area contributed by atoms with Crippen molar-refractivity contribution >= 4 is 23.5 Å². The van der Waals surface area contributed by atoms with Gasteiger partial charge in [0.25, 0.3) is 0 Å². The number of hydrogen-bond donors (Lipinski definition) is 1. The molecule has 0 amide bonds. The molecule has 4 aliphatic rings. The Labute approximate surface area is 222 Å². The largest absolute Gasteiger partial charge is 0.457 e. The van der Waals surface area contributed by atoms with Gasteiger partial charge < -0.3 is 14.6 Å². The van der Waals surface area contributed by atoms with Crippen LogP contribution in [0.1, 0.15) is 67.2 Å². The summed E-state index contributed by atoms with van der Waals surface area (Å²) in [5.74, 6) is -4.98. The summed E-state index contributed by atoms with van der Waals surface area (Å²) >= 11 is 0. The fourth-order valence-electron chi connectivity index (χ4n) is 7.58. The summed E-state index contributed by atoms with van der Waals surface area (Å²) in [6, 6.07) is 0. The highest BCUT2D eigenvalue weighted by atomic mass is 19.1. The smallest absolute Gasteiger partial charge is 0.309 e. The molecule has 0 spiro atoms. The first-order valence-corrected chi connectivity index (χ1v) is 13.4. The lowest BCUT2D eigenvalue weighted by Crippen LogP contribution is -2.70. The van der Waals surface area contributed by atoms with Crippen molar-refractivity contribution in [1.82, 2.24) is 0 Å². The SMILES string of the molecule is CC(C)C(=O)OCC(=O)[C@@]1(OC(=O)C(C)C)CCC2C3C[C@H](F)C4=CC(=O)C=CC4(C)[C@@]3(F)C(O)CC21C. The predicted octanol–water partition coefficient (Wildman–Crippen LogP) is 4.01. The Morgan fingerprint density at radius 3 is 2.34 bits per heavy atom. The summed E-state index contributed by atoms with van der Waals surface area (Å²) in [6.07, 6.45) is 0.195. The van der Waals surface area contributed by atoms with E-state index in [-0.39, 0.29) is 31.3 Å². The van der Waals surface area contributed by atoms with Crippen molar-refractivity contribution in [2.75, 3.05) is 6.61 Å². The van der Waals surface area contributed by atoms with Crippen LogP contribution in [0.25, 0.3) is 0 Å². The topological polar surface area (TPSA) is 107 Å².